The van der Waals surface area contributed by atoms with Gasteiger partial charge < -0.3 is 0 Å². The standard InChI is InChI=1S/C30H20Cl2F4S/c31-23-9-1-21(2-10-23)29(15-7-19-5-13-25(33)17-27(19)35)37-30(22-3-11-24(32)12-4-22)16-8-20-6-14-26(34)18-28(20)36/h1-18,29-30H/b15-7-,16-8-. The Morgan fingerprint density at radius 1 is 0.541 bits per heavy atom. The average Bonchev–Trinajstić information content (AvgIpc) is 2.87. The first-order chi connectivity index (χ1) is 17.8. The smallest absolute Gasteiger partial charge is 0.133 e. The van der Waals surface area contributed by atoms with Gasteiger partial charge in [0.25, 0.3) is 0 Å². The lowest BCUT2D eigenvalue weighted by Gasteiger charge is -2.20. The highest BCUT2D eigenvalue weighted by atomic mass is 35.5. The lowest BCUT2D eigenvalue weighted by atomic mass is 10.1. The molecule has 0 aliphatic rings. The van der Waals surface area contributed by atoms with Crippen LogP contribution < -0.4 is 0 Å². The Morgan fingerprint density at radius 2 is 0.919 bits per heavy atom. The van der Waals surface area contributed by atoms with Gasteiger partial charge in [0, 0.05) is 43.8 Å². The van der Waals surface area contributed by atoms with Crippen molar-refractivity contribution in [3.63, 3.8) is 0 Å². The zero-order valence-electron chi connectivity index (χ0n) is 19.2. The molecule has 37 heavy (non-hydrogen) atoms. The van der Waals surface area contributed by atoms with Gasteiger partial charge >= 0.3 is 0 Å². The normalized spacial score (nSPS) is 13.4. The molecule has 4 rings (SSSR count). The van der Waals surface area contributed by atoms with E-state index in [1.807, 2.05) is 36.4 Å². The SMILES string of the molecule is Fc1ccc(/C=C\C(SC(/C=C\c2ccc(F)cc2F)c2ccc(Cl)cc2)c2ccc(Cl)cc2)c(F)c1. The fourth-order valence-corrected chi connectivity index (χ4v) is 5.12. The van der Waals surface area contributed by atoms with Crippen molar-refractivity contribution in [2.75, 3.05) is 0 Å². The van der Waals surface area contributed by atoms with Crippen LogP contribution in [-0.2, 0) is 0 Å². The molecule has 0 radical (unpaired) electrons. The molecule has 0 aromatic heterocycles. The minimum atomic E-state index is -0.669. The Morgan fingerprint density at radius 3 is 1.27 bits per heavy atom. The lowest BCUT2D eigenvalue weighted by molar-refractivity contribution is 0.581. The highest BCUT2D eigenvalue weighted by molar-refractivity contribution is 8.00. The summed E-state index contributed by atoms with van der Waals surface area (Å²) in [6.07, 6.45) is 6.84. The Kier molecular flexibility index (Phi) is 9.14. The van der Waals surface area contributed by atoms with Crippen LogP contribution in [0.5, 0.6) is 0 Å². The number of thioether (sulfide) groups is 1. The fourth-order valence-electron chi connectivity index (χ4n) is 3.59. The highest BCUT2D eigenvalue weighted by Crippen LogP contribution is 2.43. The largest absolute Gasteiger partial charge is 0.207 e. The van der Waals surface area contributed by atoms with E-state index in [0.717, 1.165) is 23.3 Å². The molecule has 0 bridgehead atoms. The number of rotatable bonds is 8. The molecule has 2 unspecified atom stereocenters. The van der Waals surface area contributed by atoms with Gasteiger partial charge in [0.2, 0.25) is 0 Å². The van der Waals surface area contributed by atoms with Crippen molar-refractivity contribution in [2.45, 2.75) is 10.5 Å². The molecule has 4 aromatic carbocycles. The minimum absolute atomic E-state index is 0.243. The topological polar surface area (TPSA) is 0 Å². The van der Waals surface area contributed by atoms with Gasteiger partial charge in [-0.2, -0.15) is 0 Å². The lowest BCUT2D eigenvalue weighted by Crippen LogP contribution is -1.98. The molecular weight excluding hydrogens is 539 g/mol. The van der Waals surface area contributed by atoms with Gasteiger partial charge in [0.15, 0.2) is 0 Å². The molecule has 7 heteroatoms. The third-order valence-corrected chi connectivity index (χ3v) is 7.47. The monoisotopic (exact) mass is 558 g/mol. The maximum Gasteiger partial charge on any atom is 0.133 e. The molecule has 0 amide bonds. The summed E-state index contributed by atoms with van der Waals surface area (Å²) in [5.74, 6) is -2.65. The van der Waals surface area contributed by atoms with Crippen molar-refractivity contribution in [1.82, 2.24) is 0 Å². The van der Waals surface area contributed by atoms with Crippen LogP contribution >= 0.6 is 35.0 Å². The third kappa shape index (κ3) is 7.51. The molecule has 188 valence electrons. The van der Waals surface area contributed by atoms with E-state index in [2.05, 4.69) is 0 Å². The summed E-state index contributed by atoms with van der Waals surface area (Å²) >= 11 is 13.7. The second-order valence-electron chi connectivity index (χ2n) is 8.13. The van der Waals surface area contributed by atoms with Crippen molar-refractivity contribution in [3.05, 3.63) is 153 Å². The van der Waals surface area contributed by atoms with Crippen LogP contribution in [0.2, 0.25) is 10.0 Å². The van der Waals surface area contributed by atoms with Gasteiger partial charge in [-0.05, 0) is 59.7 Å². The summed E-state index contributed by atoms with van der Waals surface area (Å²) in [7, 11) is 0. The second kappa shape index (κ2) is 12.5. The van der Waals surface area contributed by atoms with E-state index in [1.54, 1.807) is 36.4 Å². The highest BCUT2D eigenvalue weighted by Gasteiger charge is 2.18. The molecule has 0 aliphatic carbocycles. The van der Waals surface area contributed by atoms with E-state index in [1.165, 1.54) is 36.0 Å². The maximum absolute atomic E-state index is 14.3. The number of hydrogen-bond acceptors (Lipinski definition) is 1. The van der Waals surface area contributed by atoms with Gasteiger partial charge in [-0.25, -0.2) is 17.6 Å². The average molecular weight is 559 g/mol. The minimum Gasteiger partial charge on any atom is -0.207 e. The van der Waals surface area contributed by atoms with Gasteiger partial charge in [-0.1, -0.05) is 71.8 Å². The van der Waals surface area contributed by atoms with Crippen molar-refractivity contribution in [1.29, 1.82) is 0 Å². The van der Waals surface area contributed by atoms with Gasteiger partial charge in [-0.3, -0.25) is 0 Å². The first-order valence-electron chi connectivity index (χ1n) is 11.2. The molecule has 0 N–H and O–H groups in total. The van der Waals surface area contributed by atoms with E-state index in [4.69, 9.17) is 23.2 Å². The van der Waals surface area contributed by atoms with E-state index in [9.17, 15) is 17.6 Å². The molecule has 0 fully saturated rings. The molecule has 0 saturated carbocycles. The quantitative estimate of drug-likeness (QED) is 0.194. The summed E-state index contributed by atoms with van der Waals surface area (Å²) < 4.78 is 55.3. The van der Waals surface area contributed by atoms with Crippen LogP contribution in [0.25, 0.3) is 12.2 Å². The van der Waals surface area contributed by atoms with E-state index >= 15 is 0 Å². The second-order valence-corrected chi connectivity index (χ2v) is 10.3. The van der Waals surface area contributed by atoms with Crippen molar-refractivity contribution >= 4 is 47.1 Å². The zero-order chi connectivity index (χ0) is 26.4. The predicted octanol–water partition coefficient (Wildman–Crippen LogP) is 10.5. The molecule has 0 heterocycles. The molecular formula is C30H20Cl2F4S. The summed E-state index contributed by atoms with van der Waals surface area (Å²) in [5.41, 5.74) is 2.28. The Bertz CT molecular complexity index is 1310. The van der Waals surface area contributed by atoms with Crippen LogP contribution in [0.3, 0.4) is 0 Å². The Balaban J connectivity index is 1.71. The van der Waals surface area contributed by atoms with Crippen LogP contribution in [0.1, 0.15) is 32.8 Å². The van der Waals surface area contributed by atoms with E-state index in [0.29, 0.717) is 10.0 Å². The number of benzene rings is 4. The van der Waals surface area contributed by atoms with Crippen molar-refractivity contribution < 1.29 is 17.6 Å². The molecule has 0 aliphatic heterocycles. The van der Waals surface area contributed by atoms with E-state index in [-0.39, 0.29) is 21.6 Å². The van der Waals surface area contributed by atoms with Gasteiger partial charge in [0.1, 0.15) is 23.3 Å². The zero-order valence-corrected chi connectivity index (χ0v) is 21.6. The first kappa shape index (κ1) is 27.1. The van der Waals surface area contributed by atoms with Crippen LogP contribution in [0.4, 0.5) is 17.6 Å². The summed E-state index contributed by atoms with van der Waals surface area (Å²) in [5, 5.41) is 0.569. The van der Waals surface area contributed by atoms with Crippen LogP contribution in [-0.4, -0.2) is 0 Å². The Hall–Kier alpha value is -2.99. The van der Waals surface area contributed by atoms with Gasteiger partial charge in [-0.15, -0.1) is 11.8 Å². The summed E-state index contributed by atoms with van der Waals surface area (Å²) in [6, 6.07) is 21.3. The van der Waals surface area contributed by atoms with E-state index < -0.39 is 23.3 Å². The van der Waals surface area contributed by atoms with Crippen molar-refractivity contribution in [2.24, 2.45) is 0 Å². The number of halogens is 6. The Labute approximate surface area is 227 Å². The first-order valence-corrected chi connectivity index (χ1v) is 12.9. The number of hydrogen-bond donors (Lipinski definition) is 0. The fraction of sp³-hybridized carbons (Fsp3) is 0.0667. The molecule has 4 aromatic rings. The third-order valence-electron chi connectivity index (χ3n) is 5.52. The maximum atomic E-state index is 14.3. The van der Waals surface area contributed by atoms with Crippen LogP contribution in [0, 0.1) is 23.3 Å². The predicted molar refractivity (Wildman–Crippen MR) is 147 cm³/mol. The van der Waals surface area contributed by atoms with Crippen LogP contribution in [0.15, 0.2) is 97.1 Å². The molecule has 2 atom stereocenters. The summed E-state index contributed by atoms with van der Waals surface area (Å²) in [4.78, 5) is 0. The van der Waals surface area contributed by atoms with Gasteiger partial charge in [0.05, 0.1) is 0 Å². The summed E-state index contributed by atoms with van der Waals surface area (Å²) in [6.45, 7) is 0. The molecule has 0 nitrogen and oxygen atoms in total. The molecule has 0 spiro atoms. The van der Waals surface area contributed by atoms with Crippen molar-refractivity contribution in [3.8, 4) is 0 Å². The molecule has 0 saturated heterocycles.